The van der Waals surface area contributed by atoms with Crippen LogP contribution in [-0.2, 0) is 10.2 Å². The van der Waals surface area contributed by atoms with Gasteiger partial charge < -0.3 is 10.6 Å². The Bertz CT molecular complexity index is 606. The number of nitrogens with zero attached hydrogens (tertiary/aromatic N) is 2. The number of nitro groups is 1. The molecule has 0 saturated heterocycles. The Kier molecular flexibility index (Phi) is 3.65. The number of carbonyl (C=O) groups excluding carboxylic acids is 1. The van der Waals surface area contributed by atoms with E-state index in [4.69, 9.17) is 5.73 Å². The minimum Gasteiger partial charge on any atom is -0.393 e. The van der Waals surface area contributed by atoms with Gasteiger partial charge in [0.05, 0.1) is 16.0 Å². The van der Waals surface area contributed by atoms with Gasteiger partial charge in [-0.05, 0) is 38.3 Å². The normalized spacial score (nSPS) is 16.4. The lowest BCUT2D eigenvalue weighted by atomic mass is 9.76. The minimum absolute atomic E-state index is 0.0115. The Balaban J connectivity index is 2.77. The van der Waals surface area contributed by atoms with Crippen molar-refractivity contribution >= 4 is 23.0 Å². The number of hydrogen-bond donors (Lipinski definition) is 1. The van der Waals surface area contributed by atoms with Gasteiger partial charge in [0.15, 0.2) is 0 Å². The van der Waals surface area contributed by atoms with Crippen molar-refractivity contribution in [2.75, 3.05) is 10.6 Å². The summed E-state index contributed by atoms with van der Waals surface area (Å²) in [5.41, 5.74) is 6.61. The van der Waals surface area contributed by atoms with Gasteiger partial charge in [0.1, 0.15) is 5.69 Å². The van der Waals surface area contributed by atoms with E-state index in [-0.39, 0.29) is 23.3 Å². The molecule has 2 N–H and O–H groups in total. The van der Waals surface area contributed by atoms with E-state index in [1.54, 1.807) is 11.0 Å². The Morgan fingerprint density at radius 1 is 1.33 bits per heavy atom. The predicted molar refractivity (Wildman–Crippen MR) is 82.4 cm³/mol. The Labute approximate surface area is 124 Å². The van der Waals surface area contributed by atoms with Crippen molar-refractivity contribution in [2.45, 2.75) is 52.0 Å². The zero-order valence-electron chi connectivity index (χ0n) is 12.8. The topological polar surface area (TPSA) is 89.5 Å². The number of hydrogen-bond acceptors (Lipinski definition) is 4. The monoisotopic (exact) mass is 291 g/mol. The smallest absolute Gasteiger partial charge is 0.294 e. The average molecular weight is 291 g/mol. The predicted octanol–water partition coefficient (Wildman–Crippen LogP) is 2.99. The van der Waals surface area contributed by atoms with Crippen molar-refractivity contribution < 1.29 is 9.72 Å². The van der Waals surface area contributed by atoms with Crippen LogP contribution in [0.1, 0.15) is 46.1 Å². The first-order valence-corrected chi connectivity index (χ1v) is 7.22. The van der Waals surface area contributed by atoms with Gasteiger partial charge in [0, 0.05) is 12.1 Å². The lowest BCUT2D eigenvalue weighted by Crippen LogP contribution is -2.42. The molecule has 0 spiro atoms. The van der Waals surface area contributed by atoms with Gasteiger partial charge in [-0.1, -0.05) is 13.8 Å². The van der Waals surface area contributed by atoms with E-state index in [0.717, 1.165) is 5.56 Å². The molecule has 0 aliphatic carbocycles. The van der Waals surface area contributed by atoms with Crippen molar-refractivity contribution in [3.63, 3.8) is 0 Å². The minimum atomic E-state index is -0.622. The first-order valence-electron chi connectivity index (χ1n) is 7.22. The lowest BCUT2D eigenvalue weighted by molar-refractivity contribution is -0.383. The van der Waals surface area contributed by atoms with Gasteiger partial charge >= 0.3 is 0 Å². The number of nitrogen functional groups attached to an aromatic ring is 1. The van der Waals surface area contributed by atoms with E-state index in [1.165, 1.54) is 6.07 Å². The second-order valence-electron chi connectivity index (χ2n) is 5.74. The first-order chi connectivity index (χ1) is 9.80. The highest BCUT2D eigenvalue weighted by Gasteiger charge is 2.50. The third-order valence-electron chi connectivity index (χ3n) is 4.47. The molecule has 6 nitrogen and oxygen atoms in total. The summed E-state index contributed by atoms with van der Waals surface area (Å²) in [6.07, 6.45) is 1.30. The maximum atomic E-state index is 12.9. The second-order valence-corrected chi connectivity index (χ2v) is 5.74. The number of nitro benzene ring substituents is 1. The summed E-state index contributed by atoms with van der Waals surface area (Å²) < 4.78 is 0. The lowest BCUT2D eigenvalue weighted by Gasteiger charge is -2.27. The van der Waals surface area contributed by atoms with Gasteiger partial charge in [-0.25, -0.2) is 0 Å². The molecule has 0 bridgehead atoms. The molecule has 0 atom stereocenters. The van der Waals surface area contributed by atoms with Crippen LogP contribution in [0.2, 0.25) is 0 Å². The van der Waals surface area contributed by atoms with E-state index in [9.17, 15) is 14.9 Å². The molecule has 1 aliphatic rings. The molecule has 1 amide bonds. The molecule has 0 unspecified atom stereocenters. The third-order valence-corrected chi connectivity index (χ3v) is 4.47. The zero-order chi connectivity index (χ0) is 15.9. The fourth-order valence-corrected chi connectivity index (χ4v) is 3.24. The van der Waals surface area contributed by atoms with Gasteiger partial charge in [-0.2, -0.15) is 0 Å². The van der Waals surface area contributed by atoms with E-state index >= 15 is 0 Å². The van der Waals surface area contributed by atoms with Gasteiger partial charge in [-0.15, -0.1) is 0 Å². The van der Waals surface area contributed by atoms with Crippen LogP contribution in [-0.4, -0.2) is 16.9 Å². The van der Waals surface area contributed by atoms with Crippen LogP contribution in [0.5, 0.6) is 0 Å². The number of fused-ring (bicyclic) bond motifs is 1. The number of anilines is 2. The highest BCUT2D eigenvalue weighted by molar-refractivity contribution is 6.09. The number of carbonyl (C=O) groups is 1. The molecule has 6 heteroatoms. The molecule has 0 saturated carbocycles. The van der Waals surface area contributed by atoms with Crippen LogP contribution in [0.15, 0.2) is 12.1 Å². The second kappa shape index (κ2) is 5.02. The summed E-state index contributed by atoms with van der Waals surface area (Å²) in [7, 11) is 0. The fourth-order valence-electron chi connectivity index (χ4n) is 3.24. The fraction of sp³-hybridized carbons (Fsp3) is 0.533. The molecule has 1 aliphatic heterocycles. The molecule has 1 aromatic rings. The Hall–Kier alpha value is -2.11. The van der Waals surface area contributed by atoms with Crippen molar-refractivity contribution in [1.82, 2.24) is 0 Å². The third kappa shape index (κ3) is 1.97. The molecular formula is C15H21N3O3. The van der Waals surface area contributed by atoms with Gasteiger partial charge in [-0.3, -0.25) is 14.9 Å². The van der Waals surface area contributed by atoms with Crippen molar-refractivity contribution in [1.29, 1.82) is 0 Å². The molecule has 0 aromatic heterocycles. The first kappa shape index (κ1) is 15.3. The van der Waals surface area contributed by atoms with Crippen LogP contribution in [0.25, 0.3) is 0 Å². The van der Waals surface area contributed by atoms with Crippen molar-refractivity contribution in [2.24, 2.45) is 0 Å². The summed E-state index contributed by atoms with van der Waals surface area (Å²) in [4.78, 5) is 25.2. The van der Waals surface area contributed by atoms with Crippen molar-refractivity contribution in [3.05, 3.63) is 27.8 Å². The van der Waals surface area contributed by atoms with Gasteiger partial charge in [0.25, 0.3) is 5.69 Å². The number of nitrogens with two attached hydrogens (primary N) is 1. The largest absolute Gasteiger partial charge is 0.393 e. The molecule has 0 fully saturated rings. The Morgan fingerprint density at radius 2 is 1.90 bits per heavy atom. The summed E-state index contributed by atoms with van der Waals surface area (Å²) in [5, 5.41) is 11.1. The molecule has 2 rings (SSSR count). The van der Waals surface area contributed by atoms with Crippen LogP contribution in [0.3, 0.4) is 0 Å². The molecule has 1 heterocycles. The highest BCUT2D eigenvalue weighted by atomic mass is 16.6. The highest BCUT2D eigenvalue weighted by Crippen LogP contribution is 2.49. The van der Waals surface area contributed by atoms with Crippen LogP contribution >= 0.6 is 0 Å². The maximum Gasteiger partial charge on any atom is 0.294 e. The number of amides is 1. The number of rotatable bonds is 4. The van der Waals surface area contributed by atoms with Gasteiger partial charge in [0.2, 0.25) is 5.91 Å². The quantitative estimate of drug-likeness (QED) is 0.524. The van der Waals surface area contributed by atoms with Crippen LogP contribution < -0.4 is 10.6 Å². The van der Waals surface area contributed by atoms with E-state index in [0.29, 0.717) is 18.5 Å². The Morgan fingerprint density at radius 3 is 2.33 bits per heavy atom. The molecular weight excluding hydrogens is 270 g/mol. The van der Waals surface area contributed by atoms with Crippen LogP contribution in [0.4, 0.5) is 17.1 Å². The van der Waals surface area contributed by atoms with E-state index < -0.39 is 10.3 Å². The van der Waals surface area contributed by atoms with E-state index in [2.05, 4.69) is 0 Å². The summed E-state index contributed by atoms with van der Waals surface area (Å²) >= 11 is 0. The maximum absolute atomic E-state index is 12.9. The van der Waals surface area contributed by atoms with E-state index in [1.807, 2.05) is 27.7 Å². The summed E-state index contributed by atoms with van der Waals surface area (Å²) in [5.74, 6) is 0.0115. The molecule has 114 valence electrons. The average Bonchev–Trinajstić information content (AvgIpc) is 2.65. The summed E-state index contributed by atoms with van der Waals surface area (Å²) in [6.45, 7) is 7.75. The summed E-state index contributed by atoms with van der Waals surface area (Å²) in [6, 6.07) is 3.00. The van der Waals surface area contributed by atoms with Crippen LogP contribution in [0, 0.1) is 10.1 Å². The standard InChI is InChI=1S/C15H21N3O3/c1-5-15(6-2)10-7-11(16)13(18(20)21)8-12(10)17(9(3)4)14(15)19/h7-9H,5-6,16H2,1-4H3. The zero-order valence-corrected chi connectivity index (χ0v) is 12.8. The molecule has 0 radical (unpaired) electrons. The molecule has 21 heavy (non-hydrogen) atoms. The molecule has 1 aromatic carbocycles. The number of benzene rings is 1. The SMILES string of the molecule is CCC1(CC)C(=O)N(C(C)C)c2cc([N+](=O)[O-])c(N)cc21. The van der Waals surface area contributed by atoms with Crippen molar-refractivity contribution in [3.8, 4) is 0 Å².